The van der Waals surface area contributed by atoms with E-state index in [0.717, 1.165) is 32.4 Å². The van der Waals surface area contributed by atoms with Crippen molar-refractivity contribution in [3.05, 3.63) is 65.4 Å². The highest BCUT2D eigenvalue weighted by molar-refractivity contribution is 5.84. The molecule has 3 aromatic rings. The van der Waals surface area contributed by atoms with Crippen molar-refractivity contribution >= 4 is 10.9 Å². The second-order valence-corrected chi connectivity index (χ2v) is 11.1. The summed E-state index contributed by atoms with van der Waals surface area (Å²) in [5, 5.41) is 1.32. The molecule has 1 N–H and O–H groups in total. The van der Waals surface area contributed by atoms with Gasteiger partial charge in [-0.15, -0.1) is 0 Å². The van der Waals surface area contributed by atoms with E-state index in [1.54, 1.807) is 13.8 Å². The van der Waals surface area contributed by atoms with Gasteiger partial charge in [0.05, 0.1) is 6.67 Å². The molecule has 1 saturated heterocycles. The lowest BCUT2D eigenvalue weighted by molar-refractivity contribution is 0.0142. The molecule has 2 aromatic carbocycles. The van der Waals surface area contributed by atoms with Gasteiger partial charge in [0.25, 0.3) is 0 Å². The highest BCUT2D eigenvalue weighted by atomic mass is 19.1. The Morgan fingerprint density at radius 2 is 1.71 bits per heavy atom. The molecule has 0 aliphatic carbocycles. The predicted octanol–water partition coefficient (Wildman–Crippen LogP) is 6.83. The molecule has 8 heteroatoms. The first-order chi connectivity index (χ1) is 18.1. The average molecular weight is 534 g/mol. The number of nitrogens with one attached hydrogen (secondary N) is 1. The van der Waals surface area contributed by atoms with Crippen molar-refractivity contribution in [2.45, 2.75) is 70.8 Å². The summed E-state index contributed by atoms with van der Waals surface area (Å²) in [6, 6.07) is 12.5. The van der Waals surface area contributed by atoms with Crippen molar-refractivity contribution < 1.29 is 22.3 Å². The number of aromatic nitrogens is 1. The Kier molecular flexibility index (Phi) is 9.36. The van der Waals surface area contributed by atoms with E-state index in [9.17, 15) is 17.6 Å². The summed E-state index contributed by atoms with van der Waals surface area (Å²) in [6.45, 7) is 8.77. The van der Waals surface area contributed by atoms with Gasteiger partial charge in [-0.2, -0.15) is 0 Å². The Hall–Kier alpha value is -2.58. The molecule has 1 fully saturated rings. The van der Waals surface area contributed by atoms with E-state index in [0.29, 0.717) is 32.1 Å². The quantitative estimate of drug-likeness (QED) is 0.242. The number of hydrogen-bond acceptors (Lipinski definition) is 3. The molecule has 5 rings (SSSR count). The maximum Gasteiger partial charge on any atom is 0.191 e. The van der Waals surface area contributed by atoms with Crippen LogP contribution in [0.25, 0.3) is 10.9 Å². The highest BCUT2D eigenvalue weighted by Crippen LogP contribution is 2.31. The lowest BCUT2D eigenvalue weighted by Crippen LogP contribution is -2.54. The lowest BCUT2D eigenvalue weighted by Gasteiger charge is -2.39. The average Bonchev–Trinajstić information content (AvgIpc) is 3.18. The van der Waals surface area contributed by atoms with Gasteiger partial charge in [-0.1, -0.05) is 24.3 Å². The summed E-state index contributed by atoms with van der Waals surface area (Å²) in [7, 11) is 0. The molecular formula is C30H39F4N3O. The molecule has 4 nitrogen and oxygen atoms in total. The second kappa shape index (κ2) is 12.5. The summed E-state index contributed by atoms with van der Waals surface area (Å²) < 4.78 is 57.8. The Bertz CT molecular complexity index is 1170. The summed E-state index contributed by atoms with van der Waals surface area (Å²) in [4.78, 5) is 7.86. The number of benzene rings is 2. The van der Waals surface area contributed by atoms with Crippen molar-refractivity contribution in [1.29, 1.82) is 0 Å². The molecule has 0 amide bonds. The van der Waals surface area contributed by atoms with Crippen LogP contribution in [0.15, 0.2) is 42.5 Å². The van der Waals surface area contributed by atoms with E-state index in [1.165, 1.54) is 40.4 Å². The minimum atomic E-state index is -1.14. The molecule has 1 aromatic heterocycles. The number of fused-ring (bicyclic) bond motifs is 3. The number of para-hydroxylation sites is 2. The van der Waals surface area contributed by atoms with Gasteiger partial charge < -0.3 is 9.72 Å². The van der Waals surface area contributed by atoms with Crippen molar-refractivity contribution in [3.63, 3.8) is 0 Å². The van der Waals surface area contributed by atoms with Gasteiger partial charge >= 0.3 is 0 Å². The van der Waals surface area contributed by atoms with Gasteiger partial charge in [-0.3, -0.25) is 14.2 Å². The first kappa shape index (κ1) is 28.4. The Balaban J connectivity index is 0.000000177. The van der Waals surface area contributed by atoms with Gasteiger partial charge in [0.1, 0.15) is 11.8 Å². The zero-order valence-corrected chi connectivity index (χ0v) is 22.6. The van der Waals surface area contributed by atoms with E-state index in [4.69, 9.17) is 4.74 Å². The zero-order valence-electron chi connectivity index (χ0n) is 22.6. The first-order valence-electron chi connectivity index (χ1n) is 13.5. The molecule has 1 atom stereocenters. The summed E-state index contributed by atoms with van der Waals surface area (Å²) in [5.74, 6) is -1.62. The zero-order chi connectivity index (χ0) is 27.3. The molecule has 0 radical (unpaired) electrons. The van der Waals surface area contributed by atoms with Crippen LogP contribution in [0.5, 0.6) is 5.75 Å². The van der Waals surface area contributed by atoms with Crippen LogP contribution < -0.4 is 4.74 Å². The van der Waals surface area contributed by atoms with Gasteiger partial charge in [0, 0.05) is 48.8 Å². The molecule has 3 heterocycles. The Labute approximate surface area is 223 Å². The van der Waals surface area contributed by atoms with Crippen molar-refractivity contribution in [1.82, 2.24) is 14.8 Å². The minimum Gasteiger partial charge on any atom is -0.482 e. The van der Waals surface area contributed by atoms with E-state index >= 15 is 0 Å². The first-order valence-corrected chi connectivity index (χ1v) is 13.5. The number of rotatable bonds is 9. The number of halogens is 4. The molecule has 0 spiro atoms. The van der Waals surface area contributed by atoms with E-state index < -0.39 is 17.3 Å². The molecule has 208 valence electrons. The van der Waals surface area contributed by atoms with Crippen LogP contribution in [0.2, 0.25) is 0 Å². The normalized spacial score (nSPS) is 18.6. The molecule has 0 unspecified atom stereocenters. The SMILES string of the molecule is C[C@@H]1Cc2c([nH]c3ccccc23)CN1CC(C)(C)F.FCCCCCN1CC(Oc2c(F)cccc2F)C1. The van der Waals surface area contributed by atoms with Crippen molar-refractivity contribution in [2.24, 2.45) is 0 Å². The molecule has 0 bridgehead atoms. The molecular weight excluding hydrogens is 494 g/mol. The summed E-state index contributed by atoms with van der Waals surface area (Å²) >= 11 is 0. The van der Waals surface area contributed by atoms with Gasteiger partial charge in [-0.25, -0.2) is 13.2 Å². The van der Waals surface area contributed by atoms with Crippen molar-refractivity contribution in [3.8, 4) is 5.75 Å². The number of aromatic amines is 1. The second-order valence-electron chi connectivity index (χ2n) is 11.1. The number of H-pyrrole nitrogens is 1. The molecule has 38 heavy (non-hydrogen) atoms. The number of likely N-dealkylation sites (tertiary alicyclic amines) is 1. The monoisotopic (exact) mass is 533 g/mol. The van der Waals surface area contributed by atoms with Crippen LogP contribution in [0.3, 0.4) is 0 Å². The number of ether oxygens (including phenoxy) is 1. The van der Waals surface area contributed by atoms with Crippen LogP contribution in [0.4, 0.5) is 17.6 Å². The summed E-state index contributed by atoms with van der Waals surface area (Å²) in [5.41, 5.74) is 2.72. The number of unbranched alkanes of at least 4 members (excludes halogenated alkanes) is 2. The smallest absolute Gasteiger partial charge is 0.191 e. The fourth-order valence-corrected chi connectivity index (χ4v) is 5.25. The van der Waals surface area contributed by atoms with Crippen LogP contribution in [-0.4, -0.2) is 65.5 Å². The van der Waals surface area contributed by atoms with Crippen LogP contribution in [-0.2, 0) is 13.0 Å². The Morgan fingerprint density at radius 3 is 2.39 bits per heavy atom. The fourth-order valence-electron chi connectivity index (χ4n) is 5.25. The third-order valence-corrected chi connectivity index (χ3v) is 7.20. The number of alkyl halides is 2. The maximum atomic E-state index is 13.9. The van der Waals surface area contributed by atoms with Gasteiger partial charge in [0.15, 0.2) is 17.4 Å². The van der Waals surface area contributed by atoms with E-state index in [2.05, 4.69) is 46.0 Å². The molecule has 2 aliphatic rings. The predicted molar refractivity (Wildman–Crippen MR) is 144 cm³/mol. The Morgan fingerprint density at radius 1 is 1.00 bits per heavy atom. The van der Waals surface area contributed by atoms with Crippen LogP contribution in [0.1, 0.15) is 51.3 Å². The van der Waals surface area contributed by atoms with Crippen molar-refractivity contribution in [2.75, 3.05) is 32.9 Å². The third kappa shape index (κ3) is 7.29. The van der Waals surface area contributed by atoms with Gasteiger partial charge in [-0.05, 0) is 76.8 Å². The minimum absolute atomic E-state index is 0.160. The van der Waals surface area contributed by atoms with Gasteiger partial charge in [0.2, 0.25) is 0 Å². The number of nitrogens with zero attached hydrogens (tertiary/aromatic N) is 2. The lowest BCUT2D eigenvalue weighted by atomic mass is 9.96. The van der Waals surface area contributed by atoms with E-state index in [1.807, 2.05) is 0 Å². The topological polar surface area (TPSA) is 31.5 Å². The fraction of sp³-hybridized carbons (Fsp3) is 0.533. The summed E-state index contributed by atoms with van der Waals surface area (Å²) in [6.07, 6.45) is 3.27. The molecule has 0 saturated carbocycles. The van der Waals surface area contributed by atoms with Crippen LogP contribution >= 0.6 is 0 Å². The van der Waals surface area contributed by atoms with E-state index in [-0.39, 0.29) is 18.5 Å². The third-order valence-electron chi connectivity index (χ3n) is 7.20. The highest BCUT2D eigenvalue weighted by Gasteiger charge is 2.31. The van der Waals surface area contributed by atoms with Crippen LogP contribution in [0, 0.1) is 11.6 Å². The standard InChI is InChI=1S/C16H21FN2.C14H18F3NO/c1-11-8-13-12-6-4-5-7-14(12)18-15(13)9-19(11)10-16(2,3)17;15-7-2-1-3-8-18-9-11(10-18)19-14-12(16)5-4-6-13(14)17/h4-7,11,18H,8-10H2,1-3H3;4-6,11H,1-3,7-10H2/t11-;/m1./s1. The molecule has 2 aliphatic heterocycles. The largest absolute Gasteiger partial charge is 0.482 e. The maximum absolute atomic E-state index is 13.9. The number of hydrogen-bond donors (Lipinski definition) is 1.